The maximum atomic E-state index is 12.5. The fourth-order valence-electron chi connectivity index (χ4n) is 3.08. The van der Waals surface area contributed by atoms with Gasteiger partial charge in [0.15, 0.2) is 0 Å². The molecule has 0 unspecified atom stereocenters. The van der Waals surface area contributed by atoms with Gasteiger partial charge in [0.25, 0.3) is 5.56 Å². The minimum Gasteiger partial charge on any atom is -0.340 e. The Morgan fingerprint density at radius 3 is 2.73 bits per heavy atom. The number of nitrogens with zero attached hydrogens (tertiary/aromatic N) is 2. The highest BCUT2D eigenvalue weighted by molar-refractivity contribution is 5.78. The summed E-state index contributed by atoms with van der Waals surface area (Å²) in [4.78, 5) is 49.5. The zero-order valence-electron chi connectivity index (χ0n) is 13.9. The van der Waals surface area contributed by atoms with E-state index in [0.717, 1.165) is 22.8 Å². The van der Waals surface area contributed by atoms with Crippen molar-refractivity contribution >= 4 is 5.91 Å². The largest absolute Gasteiger partial charge is 0.340 e. The molecule has 3 heterocycles. The van der Waals surface area contributed by atoms with Gasteiger partial charge >= 0.3 is 5.69 Å². The molecule has 1 aliphatic heterocycles. The van der Waals surface area contributed by atoms with Crippen molar-refractivity contribution in [2.75, 3.05) is 6.54 Å². The van der Waals surface area contributed by atoms with Crippen LogP contribution in [-0.4, -0.2) is 37.3 Å². The third-order valence-electron chi connectivity index (χ3n) is 4.47. The Hall–Kier alpha value is -3.42. The molecular formula is C18H17N5O3. The molecule has 3 aromatic rings. The molecule has 1 amide bonds. The summed E-state index contributed by atoms with van der Waals surface area (Å²) in [6.45, 7) is 0.974. The highest BCUT2D eigenvalue weighted by Gasteiger charge is 2.24. The minimum atomic E-state index is -0.584. The lowest BCUT2D eigenvalue weighted by atomic mass is 10.1. The molecule has 8 nitrogen and oxygen atoms in total. The molecule has 4 rings (SSSR count). The van der Waals surface area contributed by atoms with Crippen molar-refractivity contribution in [1.29, 1.82) is 0 Å². The zero-order valence-corrected chi connectivity index (χ0v) is 13.9. The lowest BCUT2D eigenvalue weighted by Crippen LogP contribution is -2.38. The maximum Gasteiger partial charge on any atom is 0.325 e. The quantitative estimate of drug-likeness (QED) is 0.640. The summed E-state index contributed by atoms with van der Waals surface area (Å²) in [6, 6.07) is 9.82. The first kappa shape index (κ1) is 16.1. The second kappa shape index (κ2) is 6.47. The zero-order chi connectivity index (χ0) is 18.1. The fraction of sp³-hybridized carbons (Fsp3) is 0.222. The molecule has 0 spiro atoms. The van der Waals surface area contributed by atoms with E-state index in [9.17, 15) is 14.4 Å². The van der Waals surface area contributed by atoms with E-state index in [1.54, 1.807) is 4.90 Å². The number of hydrogen-bond donors (Lipinski definition) is 3. The normalized spacial score (nSPS) is 13.5. The van der Waals surface area contributed by atoms with Crippen molar-refractivity contribution < 1.29 is 4.79 Å². The van der Waals surface area contributed by atoms with Crippen LogP contribution in [0.3, 0.4) is 0 Å². The number of carbonyl (C=O) groups is 1. The Morgan fingerprint density at radius 2 is 1.96 bits per heavy atom. The molecule has 0 bridgehead atoms. The number of imidazole rings is 1. The molecule has 3 N–H and O–H groups in total. The first-order valence-electron chi connectivity index (χ1n) is 8.32. The van der Waals surface area contributed by atoms with Gasteiger partial charge in [-0.25, -0.2) is 9.78 Å². The van der Waals surface area contributed by atoms with Gasteiger partial charge in [-0.05, 0) is 0 Å². The number of nitrogens with one attached hydrogen (secondary N) is 3. The molecule has 1 aliphatic rings. The average Bonchev–Trinajstić information content (AvgIpc) is 3.08. The van der Waals surface area contributed by atoms with E-state index < -0.39 is 11.2 Å². The van der Waals surface area contributed by atoms with Crippen LogP contribution in [0.25, 0.3) is 11.4 Å². The number of rotatable bonds is 3. The van der Waals surface area contributed by atoms with Gasteiger partial charge in [0, 0.05) is 30.3 Å². The van der Waals surface area contributed by atoms with E-state index in [0.29, 0.717) is 19.5 Å². The molecule has 0 saturated carbocycles. The number of aromatic amines is 3. The Labute approximate surface area is 147 Å². The molecule has 0 atom stereocenters. The van der Waals surface area contributed by atoms with Crippen LogP contribution in [0.5, 0.6) is 0 Å². The molecule has 8 heteroatoms. The molecule has 26 heavy (non-hydrogen) atoms. The summed E-state index contributed by atoms with van der Waals surface area (Å²) in [6.07, 6.45) is 1.89. The second-order valence-electron chi connectivity index (χ2n) is 6.22. The van der Waals surface area contributed by atoms with Gasteiger partial charge in [0.1, 0.15) is 5.82 Å². The van der Waals surface area contributed by atoms with Crippen LogP contribution in [0, 0.1) is 0 Å². The van der Waals surface area contributed by atoms with E-state index in [2.05, 4.69) is 19.9 Å². The van der Waals surface area contributed by atoms with Crippen LogP contribution in [0.1, 0.15) is 17.0 Å². The van der Waals surface area contributed by atoms with Gasteiger partial charge in [-0.2, -0.15) is 0 Å². The number of aromatic nitrogens is 4. The monoisotopic (exact) mass is 351 g/mol. The number of carbonyl (C=O) groups excluding carboxylic acids is 1. The van der Waals surface area contributed by atoms with Crippen LogP contribution >= 0.6 is 0 Å². The first-order valence-corrected chi connectivity index (χ1v) is 8.32. The number of fused-ring (bicyclic) bond motifs is 1. The predicted octanol–water partition coefficient (Wildman–Crippen LogP) is 0.581. The van der Waals surface area contributed by atoms with Crippen LogP contribution in [0.4, 0.5) is 0 Å². The van der Waals surface area contributed by atoms with E-state index in [4.69, 9.17) is 0 Å². The lowest BCUT2D eigenvalue weighted by molar-refractivity contribution is -0.131. The van der Waals surface area contributed by atoms with Crippen molar-refractivity contribution in [3.05, 3.63) is 74.3 Å². The molecule has 2 aromatic heterocycles. The minimum absolute atomic E-state index is 0.0544. The van der Waals surface area contributed by atoms with Crippen molar-refractivity contribution in [3.63, 3.8) is 0 Å². The summed E-state index contributed by atoms with van der Waals surface area (Å²) in [5.41, 5.74) is 2.01. The van der Waals surface area contributed by atoms with Gasteiger partial charge in [-0.15, -0.1) is 0 Å². The standard InChI is InChI=1S/C18H17N5O3/c24-15(8-12-9-19-18(26)22-17(12)25)23-7-6-13-14(10-23)21-16(20-13)11-4-2-1-3-5-11/h1-5,9H,6-8,10H2,(H,20,21)(H2,19,22,25,26). The number of hydrogen-bond acceptors (Lipinski definition) is 4. The summed E-state index contributed by atoms with van der Waals surface area (Å²) in [5, 5.41) is 0. The Bertz CT molecular complexity index is 1060. The number of amides is 1. The van der Waals surface area contributed by atoms with Crippen molar-refractivity contribution in [1.82, 2.24) is 24.8 Å². The topological polar surface area (TPSA) is 115 Å². The summed E-state index contributed by atoms with van der Waals surface area (Å²) in [7, 11) is 0. The van der Waals surface area contributed by atoms with Crippen LogP contribution in [0.2, 0.25) is 0 Å². The molecule has 0 saturated heterocycles. The Kier molecular flexibility index (Phi) is 4.00. The average molecular weight is 351 g/mol. The molecule has 0 fully saturated rings. The Morgan fingerprint density at radius 1 is 1.15 bits per heavy atom. The maximum absolute atomic E-state index is 12.5. The van der Waals surface area contributed by atoms with E-state index in [1.165, 1.54) is 6.20 Å². The molecular weight excluding hydrogens is 334 g/mol. The number of benzene rings is 1. The van der Waals surface area contributed by atoms with Crippen molar-refractivity contribution in [2.45, 2.75) is 19.4 Å². The first-order chi connectivity index (χ1) is 12.6. The fourth-order valence-corrected chi connectivity index (χ4v) is 3.08. The van der Waals surface area contributed by atoms with Crippen LogP contribution < -0.4 is 11.2 Å². The smallest absolute Gasteiger partial charge is 0.325 e. The van der Waals surface area contributed by atoms with E-state index in [1.807, 2.05) is 30.3 Å². The lowest BCUT2D eigenvalue weighted by Gasteiger charge is -2.26. The summed E-state index contributed by atoms with van der Waals surface area (Å²) < 4.78 is 0. The Balaban J connectivity index is 1.51. The highest BCUT2D eigenvalue weighted by Crippen LogP contribution is 2.22. The van der Waals surface area contributed by atoms with E-state index in [-0.39, 0.29) is 17.9 Å². The molecule has 132 valence electrons. The van der Waals surface area contributed by atoms with Gasteiger partial charge in [-0.1, -0.05) is 30.3 Å². The van der Waals surface area contributed by atoms with Crippen molar-refractivity contribution in [3.8, 4) is 11.4 Å². The van der Waals surface area contributed by atoms with Crippen molar-refractivity contribution in [2.24, 2.45) is 0 Å². The molecule has 1 aromatic carbocycles. The second-order valence-corrected chi connectivity index (χ2v) is 6.22. The molecule has 0 aliphatic carbocycles. The SMILES string of the molecule is O=C(Cc1c[nH]c(=O)[nH]c1=O)N1CCc2nc(-c3ccccc3)[nH]c2C1. The van der Waals surface area contributed by atoms with E-state index >= 15 is 0 Å². The van der Waals surface area contributed by atoms with Gasteiger partial charge in [-0.3, -0.25) is 14.6 Å². The predicted molar refractivity (Wildman–Crippen MR) is 94.5 cm³/mol. The summed E-state index contributed by atoms with van der Waals surface area (Å²) >= 11 is 0. The van der Waals surface area contributed by atoms with Gasteiger partial charge in [0.05, 0.1) is 24.4 Å². The van der Waals surface area contributed by atoms with Gasteiger partial charge < -0.3 is 14.9 Å². The van der Waals surface area contributed by atoms with Gasteiger partial charge in [0.2, 0.25) is 5.91 Å². The highest BCUT2D eigenvalue weighted by atomic mass is 16.2. The third-order valence-corrected chi connectivity index (χ3v) is 4.47. The molecule has 0 radical (unpaired) electrons. The number of H-pyrrole nitrogens is 3. The van der Waals surface area contributed by atoms with Crippen LogP contribution in [0.15, 0.2) is 46.1 Å². The third kappa shape index (κ3) is 3.08. The van der Waals surface area contributed by atoms with Crippen LogP contribution in [-0.2, 0) is 24.2 Å². The summed E-state index contributed by atoms with van der Waals surface area (Å²) in [5.74, 6) is 0.631.